The maximum absolute atomic E-state index is 3.55. The van der Waals surface area contributed by atoms with Crippen LogP contribution in [0, 0.1) is 0 Å². The zero-order valence-corrected chi connectivity index (χ0v) is 11.5. The van der Waals surface area contributed by atoms with Crippen molar-refractivity contribution in [2.75, 3.05) is 0 Å². The lowest BCUT2D eigenvalue weighted by molar-refractivity contribution is 0.920. The number of hydrogen-bond acceptors (Lipinski definition) is 0. The maximum Gasteiger partial charge on any atom is 0.0178 e. The van der Waals surface area contributed by atoms with E-state index in [2.05, 4.69) is 59.3 Å². The van der Waals surface area contributed by atoms with Gasteiger partial charge in [0.15, 0.2) is 0 Å². The molecule has 0 heterocycles. The summed E-state index contributed by atoms with van der Waals surface area (Å²) in [7, 11) is 0. The van der Waals surface area contributed by atoms with Gasteiger partial charge in [0.1, 0.15) is 0 Å². The van der Waals surface area contributed by atoms with E-state index >= 15 is 0 Å². The Balaban J connectivity index is 2.06. The summed E-state index contributed by atoms with van der Waals surface area (Å²) in [5.74, 6) is 0. The van der Waals surface area contributed by atoms with Gasteiger partial charge in [0, 0.05) is 4.47 Å². The first-order chi connectivity index (χ1) is 8.28. The molecule has 0 spiro atoms. The lowest BCUT2D eigenvalue weighted by Gasteiger charge is -2.04. The van der Waals surface area contributed by atoms with Crippen LogP contribution < -0.4 is 0 Å². The van der Waals surface area contributed by atoms with Crippen LogP contribution in [0.5, 0.6) is 0 Å². The molecule has 2 aromatic rings. The molecule has 1 aliphatic carbocycles. The summed E-state index contributed by atoms with van der Waals surface area (Å²) in [5, 5.41) is 0. The van der Waals surface area contributed by atoms with Crippen LogP contribution in [0.25, 0.3) is 11.1 Å². The van der Waals surface area contributed by atoms with E-state index in [1.54, 1.807) is 0 Å². The van der Waals surface area contributed by atoms with Gasteiger partial charge in [0.2, 0.25) is 0 Å². The lowest BCUT2D eigenvalue weighted by Crippen LogP contribution is -1.86. The largest absolute Gasteiger partial charge is 0.0651 e. The first-order valence-electron chi connectivity index (χ1n) is 6.18. The van der Waals surface area contributed by atoms with Crippen molar-refractivity contribution in [3.8, 4) is 11.1 Å². The summed E-state index contributed by atoms with van der Waals surface area (Å²) in [6, 6.07) is 13.6. The first-order valence-corrected chi connectivity index (χ1v) is 6.98. The summed E-state index contributed by atoms with van der Waals surface area (Å²) in [4.78, 5) is 0. The number of benzene rings is 2. The molecule has 0 amide bonds. The van der Waals surface area contributed by atoms with Gasteiger partial charge in [0.25, 0.3) is 0 Å². The van der Waals surface area contributed by atoms with E-state index < -0.39 is 0 Å². The molecule has 0 N–H and O–H groups in total. The molecule has 0 fully saturated rings. The third-order valence-electron chi connectivity index (χ3n) is 3.45. The SMILES string of the molecule is CCCc1ccc2c(c1)Cc1cc(Br)ccc1-2. The molecule has 0 saturated heterocycles. The van der Waals surface area contributed by atoms with Crippen molar-refractivity contribution in [1.29, 1.82) is 0 Å². The predicted molar refractivity (Wildman–Crippen MR) is 76.4 cm³/mol. The lowest BCUT2D eigenvalue weighted by atomic mass is 10.0. The molecule has 1 aliphatic rings. The fourth-order valence-corrected chi connectivity index (χ4v) is 3.09. The Kier molecular flexibility index (Phi) is 2.79. The average molecular weight is 287 g/mol. The van der Waals surface area contributed by atoms with Crippen molar-refractivity contribution in [2.24, 2.45) is 0 Å². The standard InChI is InChI=1S/C16H15Br/c1-2-3-11-4-6-15-12(8-11)9-13-10-14(17)5-7-16(13)15/h4-8,10H,2-3,9H2,1H3. The first kappa shape index (κ1) is 11.0. The Bertz CT molecular complexity index is 570. The van der Waals surface area contributed by atoms with Gasteiger partial charge in [-0.1, -0.05) is 53.5 Å². The molecule has 0 nitrogen and oxygen atoms in total. The predicted octanol–water partition coefficient (Wildman–Crippen LogP) is 4.97. The van der Waals surface area contributed by atoms with Crippen molar-refractivity contribution in [3.05, 3.63) is 57.6 Å². The monoisotopic (exact) mass is 286 g/mol. The van der Waals surface area contributed by atoms with Crippen molar-refractivity contribution in [3.63, 3.8) is 0 Å². The molecular formula is C16H15Br. The summed E-state index contributed by atoms with van der Waals surface area (Å²) < 4.78 is 1.18. The van der Waals surface area contributed by atoms with Crippen LogP contribution in [0.4, 0.5) is 0 Å². The average Bonchev–Trinajstić information content (AvgIpc) is 2.65. The third-order valence-corrected chi connectivity index (χ3v) is 3.94. The Labute approximate surface area is 111 Å². The molecule has 0 bridgehead atoms. The van der Waals surface area contributed by atoms with Crippen LogP contribution in [-0.4, -0.2) is 0 Å². The fourth-order valence-electron chi connectivity index (χ4n) is 2.68. The van der Waals surface area contributed by atoms with E-state index in [4.69, 9.17) is 0 Å². The van der Waals surface area contributed by atoms with Crippen LogP contribution in [0.1, 0.15) is 30.0 Å². The highest BCUT2D eigenvalue weighted by Gasteiger charge is 2.18. The molecule has 0 saturated carbocycles. The molecule has 0 aromatic heterocycles. The second-order valence-corrected chi connectivity index (χ2v) is 5.64. The third kappa shape index (κ3) is 1.93. The molecule has 17 heavy (non-hydrogen) atoms. The van der Waals surface area contributed by atoms with Crippen molar-refractivity contribution < 1.29 is 0 Å². The topological polar surface area (TPSA) is 0 Å². The summed E-state index contributed by atoms with van der Waals surface area (Å²) in [5.41, 5.74) is 7.24. The van der Waals surface area contributed by atoms with Crippen LogP contribution in [-0.2, 0) is 12.8 Å². The fraction of sp³-hybridized carbons (Fsp3) is 0.250. The van der Waals surface area contributed by atoms with E-state index in [1.165, 1.54) is 45.1 Å². The number of halogens is 1. The van der Waals surface area contributed by atoms with Gasteiger partial charge >= 0.3 is 0 Å². The quantitative estimate of drug-likeness (QED) is 0.624. The minimum atomic E-state index is 1.08. The molecule has 0 atom stereocenters. The van der Waals surface area contributed by atoms with E-state index in [9.17, 15) is 0 Å². The smallest absolute Gasteiger partial charge is 0.0178 e. The highest BCUT2D eigenvalue weighted by Crippen LogP contribution is 2.38. The van der Waals surface area contributed by atoms with Crippen LogP contribution >= 0.6 is 15.9 Å². The minimum Gasteiger partial charge on any atom is -0.0651 e. The van der Waals surface area contributed by atoms with Gasteiger partial charge in [-0.15, -0.1) is 0 Å². The van der Waals surface area contributed by atoms with E-state index in [-0.39, 0.29) is 0 Å². The van der Waals surface area contributed by atoms with Gasteiger partial charge in [-0.3, -0.25) is 0 Å². The molecule has 0 unspecified atom stereocenters. The van der Waals surface area contributed by atoms with Crippen LogP contribution in [0.2, 0.25) is 0 Å². The zero-order chi connectivity index (χ0) is 11.8. The Morgan fingerprint density at radius 1 is 1.00 bits per heavy atom. The number of fused-ring (bicyclic) bond motifs is 3. The molecule has 3 rings (SSSR count). The summed E-state index contributed by atoms with van der Waals surface area (Å²) in [6.07, 6.45) is 3.49. The Hall–Kier alpha value is -1.08. The van der Waals surface area contributed by atoms with Crippen molar-refractivity contribution in [1.82, 2.24) is 0 Å². The minimum absolute atomic E-state index is 1.08. The molecule has 1 heteroatoms. The second kappa shape index (κ2) is 4.30. The van der Waals surface area contributed by atoms with Gasteiger partial charge < -0.3 is 0 Å². The second-order valence-electron chi connectivity index (χ2n) is 4.72. The van der Waals surface area contributed by atoms with Gasteiger partial charge in [-0.05, 0) is 52.8 Å². The van der Waals surface area contributed by atoms with Gasteiger partial charge in [0.05, 0.1) is 0 Å². The Morgan fingerprint density at radius 2 is 1.71 bits per heavy atom. The van der Waals surface area contributed by atoms with E-state index in [0.717, 1.165) is 6.42 Å². The molecular weight excluding hydrogens is 272 g/mol. The maximum atomic E-state index is 3.55. The van der Waals surface area contributed by atoms with Crippen molar-refractivity contribution in [2.45, 2.75) is 26.2 Å². The summed E-state index contributed by atoms with van der Waals surface area (Å²) in [6.45, 7) is 2.24. The number of hydrogen-bond donors (Lipinski definition) is 0. The van der Waals surface area contributed by atoms with E-state index in [0.29, 0.717) is 0 Å². The highest BCUT2D eigenvalue weighted by atomic mass is 79.9. The van der Waals surface area contributed by atoms with Gasteiger partial charge in [-0.2, -0.15) is 0 Å². The molecule has 0 aliphatic heterocycles. The normalized spacial score (nSPS) is 12.4. The van der Waals surface area contributed by atoms with Crippen molar-refractivity contribution >= 4 is 15.9 Å². The molecule has 86 valence electrons. The van der Waals surface area contributed by atoms with Crippen LogP contribution in [0.3, 0.4) is 0 Å². The molecule has 0 radical (unpaired) electrons. The Morgan fingerprint density at radius 3 is 2.47 bits per heavy atom. The number of aryl methyl sites for hydroxylation is 1. The highest BCUT2D eigenvalue weighted by molar-refractivity contribution is 9.10. The van der Waals surface area contributed by atoms with E-state index in [1.807, 2.05) is 0 Å². The number of rotatable bonds is 2. The summed E-state index contributed by atoms with van der Waals surface area (Å²) >= 11 is 3.55. The molecule has 2 aromatic carbocycles. The zero-order valence-electron chi connectivity index (χ0n) is 9.96. The van der Waals surface area contributed by atoms with Crippen LogP contribution in [0.15, 0.2) is 40.9 Å². The van der Waals surface area contributed by atoms with Gasteiger partial charge in [-0.25, -0.2) is 0 Å².